The second kappa shape index (κ2) is 6.48. The van der Waals surface area contributed by atoms with E-state index in [0.717, 1.165) is 31.2 Å². The Labute approximate surface area is 126 Å². The highest BCUT2D eigenvalue weighted by Crippen LogP contribution is 2.29. The molecule has 1 aromatic carbocycles. The highest BCUT2D eigenvalue weighted by Gasteiger charge is 2.34. The Morgan fingerprint density at radius 3 is 2.43 bits per heavy atom. The van der Waals surface area contributed by atoms with Crippen molar-refractivity contribution in [2.24, 2.45) is 0 Å². The number of carbonyl (C=O) groups is 1. The molecular weight excluding hydrogens is 266 g/mol. The van der Waals surface area contributed by atoms with E-state index in [9.17, 15) is 4.79 Å². The van der Waals surface area contributed by atoms with Crippen LogP contribution in [0.25, 0.3) is 0 Å². The van der Waals surface area contributed by atoms with E-state index in [0.29, 0.717) is 5.69 Å². The molecule has 0 aromatic heterocycles. The molecular formula is C17H25NO3. The summed E-state index contributed by atoms with van der Waals surface area (Å²) in [4.78, 5) is 12.5. The number of anilines is 1. The third-order valence-corrected chi connectivity index (χ3v) is 4.33. The molecule has 2 atom stereocenters. The van der Waals surface area contributed by atoms with Crippen LogP contribution in [-0.2, 0) is 19.7 Å². The minimum absolute atomic E-state index is 0.0377. The molecule has 0 spiro atoms. The maximum Gasteiger partial charge on any atom is 0.316 e. The number of ether oxygens (including phenoxy) is 2. The molecule has 1 aliphatic carbocycles. The van der Waals surface area contributed by atoms with Gasteiger partial charge in [0.05, 0.1) is 11.5 Å². The first kappa shape index (κ1) is 15.8. The zero-order valence-electron chi connectivity index (χ0n) is 13.1. The molecule has 2 N–H and O–H groups in total. The zero-order chi connectivity index (χ0) is 15.5. The van der Waals surface area contributed by atoms with Crippen LogP contribution in [0.1, 0.15) is 45.1 Å². The van der Waals surface area contributed by atoms with Crippen molar-refractivity contribution in [3.8, 4) is 0 Å². The van der Waals surface area contributed by atoms with Crippen LogP contribution in [0.4, 0.5) is 5.69 Å². The number of hydrogen-bond acceptors (Lipinski definition) is 4. The van der Waals surface area contributed by atoms with Crippen LogP contribution in [0.2, 0.25) is 0 Å². The summed E-state index contributed by atoms with van der Waals surface area (Å²) in [5.41, 5.74) is 6.63. The van der Waals surface area contributed by atoms with Gasteiger partial charge in [-0.3, -0.25) is 4.79 Å². The summed E-state index contributed by atoms with van der Waals surface area (Å²) < 4.78 is 11.1. The van der Waals surface area contributed by atoms with E-state index < -0.39 is 5.41 Å². The van der Waals surface area contributed by atoms with Crippen molar-refractivity contribution in [2.45, 2.75) is 57.2 Å². The van der Waals surface area contributed by atoms with Gasteiger partial charge < -0.3 is 15.2 Å². The van der Waals surface area contributed by atoms with E-state index >= 15 is 0 Å². The van der Waals surface area contributed by atoms with E-state index in [2.05, 4.69) is 0 Å². The summed E-state index contributed by atoms with van der Waals surface area (Å²) >= 11 is 0. The maximum atomic E-state index is 12.5. The molecule has 0 bridgehead atoms. The quantitative estimate of drug-likeness (QED) is 0.684. The number of benzene rings is 1. The number of esters is 1. The average Bonchev–Trinajstić information content (AvgIpc) is 2.48. The van der Waals surface area contributed by atoms with Crippen molar-refractivity contribution in [3.05, 3.63) is 29.8 Å². The van der Waals surface area contributed by atoms with Gasteiger partial charge in [0.25, 0.3) is 0 Å². The molecule has 0 saturated heterocycles. The number of nitrogens with two attached hydrogens (primary N) is 1. The predicted molar refractivity (Wildman–Crippen MR) is 83.0 cm³/mol. The third kappa shape index (κ3) is 3.76. The third-order valence-electron chi connectivity index (χ3n) is 4.33. The van der Waals surface area contributed by atoms with Crippen molar-refractivity contribution in [2.75, 3.05) is 12.8 Å². The van der Waals surface area contributed by atoms with Crippen LogP contribution < -0.4 is 5.73 Å². The average molecular weight is 291 g/mol. The number of rotatable bonds is 4. The van der Waals surface area contributed by atoms with Gasteiger partial charge in [-0.1, -0.05) is 12.1 Å². The second-order valence-electron chi connectivity index (χ2n) is 6.30. The zero-order valence-corrected chi connectivity index (χ0v) is 13.1. The largest absolute Gasteiger partial charge is 0.462 e. The number of nitrogen functional groups attached to an aromatic ring is 1. The molecule has 21 heavy (non-hydrogen) atoms. The lowest BCUT2D eigenvalue weighted by Gasteiger charge is -2.31. The van der Waals surface area contributed by atoms with E-state index in [4.69, 9.17) is 15.2 Å². The molecule has 116 valence electrons. The van der Waals surface area contributed by atoms with E-state index in [-0.39, 0.29) is 18.2 Å². The van der Waals surface area contributed by atoms with E-state index in [1.165, 1.54) is 0 Å². The summed E-state index contributed by atoms with van der Waals surface area (Å²) in [7, 11) is 1.72. The molecule has 4 heteroatoms. The predicted octanol–water partition coefficient (Wildman–Crippen LogP) is 3.05. The lowest BCUT2D eigenvalue weighted by Crippen LogP contribution is -2.37. The first-order valence-electron chi connectivity index (χ1n) is 7.53. The van der Waals surface area contributed by atoms with Crippen LogP contribution in [-0.4, -0.2) is 25.3 Å². The number of carbonyl (C=O) groups excluding carboxylic acids is 1. The fourth-order valence-corrected chi connectivity index (χ4v) is 2.74. The highest BCUT2D eigenvalue weighted by molar-refractivity contribution is 5.82. The smallest absolute Gasteiger partial charge is 0.316 e. The Kier molecular flexibility index (Phi) is 4.88. The molecule has 1 aromatic rings. The minimum atomic E-state index is -0.673. The minimum Gasteiger partial charge on any atom is -0.462 e. The first-order chi connectivity index (χ1) is 9.93. The Balaban J connectivity index is 2.02. The highest BCUT2D eigenvalue weighted by atomic mass is 16.5. The maximum absolute atomic E-state index is 12.5. The van der Waals surface area contributed by atoms with Gasteiger partial charge in [0, 0.05) is 19.2 Å². The van der Waals surface area contributed by atoms with Gasteiger partial charge in [0.1, 0.15) is 6.10 Å². The van der Waals surface area contributed by atoms with Crippen LogP contribution in [0.15, 0.2) is 24.3 Å². The van der Waals surface area contributed by atoms with Crippen molar-refractivity contribution >= 4 is 11.7 Å². The van der Waals surface area contributed by atoms with Gasteiger partial charge in [-0.15, -0.1) is 0 Å². The number of methoxy groups -OCH3 is 1. The molecule has 4 nitrogen and oxygen atoms in total. The Bertz CT molecular complexity index is 481. The van der Waals surface area contributed by atoms with Gasteiger partial charge in [-0.2, -0.15) is 0 Å². The molecule has 2 rings (SSSR count). The summed E-state index contributed by atoms with van der Waals surface area (Å²) in [6.07, 6.45) is 3.97. The van der Waals surface area contributed by atoms with Crippen molar-refractivity contribution in [1.29, 1.82) is 0 Å². The van der Waals surface area contributed by atoms with Gasteiger partial charge in [-0.05, 0) is 50.8 Å². The lowest BCUT2D eigenvalue weighted by atomic mass is 9.84. The van der Waals surface area contributed by atoms with Crippen LogP contribution >= 0.6 is 0 Å². The Morgan fingerprint density at radius 1 is 1.19 bits per heavy atom. The Hall–Kier alpha value is -1.55. The summed E-state index contributed by atoms with van der Waals surface area (Å²) in [5, 5.41) is 0. The molecule has 1 saturated carbocycles. The van der Waals surface area contributed by atoms with Crippen LogP contribution in [0, 0.1) is 0 Å². The standard InChI is InChI=1S/C17H25NO3/c1-17(2,12-7-9-13(18)10-8-12)16(19)21-15-6-4-5-14(11-15)20-3/h7-10,14-15H,4-6,11,18H2,1-3H3. The van der Waals surface area contributed by atoms with Gasteiger partial charge in [0.15, 0.2) is 0 Å². The fourth-order valence-electron chi connectivity index (χ4n) is 2.74. The summed E-state index contributed by atoms with van der Waals surface area (Å²) in [6, 6.07) is 7.39. The van der Waals surface area contributed by atoms with Gasteiger partial charge in [-0.25, -0.2) is 0 Å². The van der Waals surface area contributed by atoms with Gasteiger partial charge >= 0.3 is 5.97 Å². The monoisotopic (exact) mass is 291 g/mol. The van der Waals surface area contributed by atoms with Crippen molar-refractivity contribution in [1.82, 2.24) is 0 Å². The topological polar surface area (TPSA) is 61.5 Å². The molecule has 0 radical (unpaired) electrons. The van der Waals surface area contributed by atoms with Crippen LogP contribution in [0.3, 0.4) is 0 Å². The van der Waals surface area contributed by atoms with Crippen molar-refractivity contribution in [3.63, 3.8) is 0 Å². The Morgan fingerprint density at radius 2 is 1.81 bits per heavy atom. The normalized spacial score (nSPS) is 22.8. The van der Waals surface area contributed by atoms with Crippen LogP contribution in [0.5, 0.6) is 0 Å². The van der Waals surface area contributed by atoms with Gasteiger partial charge in [0.2, 0.25) is 0 Å². The molecule has 1 aliphatic rings. The lowest BCUT2D eigenvalue weighted by molar-refractivity contribution is -0.158. The van der Waals surface area contributed by atoms with Crippen molar-refractivity contribution < 1.29 is 14.3 Å². The first-order valence-corrected chi connectivity index (χ1v) is 7.53. The molecule has 2 unspecified atom stereocenters. The molecule has 1 fully saturated rings. The SMILES string of the molecule is COC1CCCC(OC(=O)C(C)(C)c2ccc(N)cc2)C1. The fraction of sp³-hybridized carbons (Fsp3) is 0.588. The van der Waals surface area contributed by atoms with E-state index in [1.807, 2.05) is 38.1 Å². The molecule has 0 amide bonds. The molecule has 0 aliphatic heterocycles. The second-order valence-corrected chi connectivity index (χ2v) is 6.30. The summed E-state index contributed by atoms with van der Waals surface area (Å²) in [5.74, 6) is -0.186. The van der Waals surface area contributed by atoms with E-state index in [1.54, 1.807) is 7.11 Å². The summed E-state index contributed by atoms with van der Waals surface area (Å²) in [6.45, 7) is 3.77. The molecule has 0 heterocycles. The number of hydrogen-bond donors (Lipinski definition) is 1.